The number of hydrogen-bond acceptors (Lipinski definition) is 1. The maximum atomic E-state index is 13.3. The normalized spacial score (nSPS) is 28.3. The molecule has 1 aliphatic carbocycles. The monoisotopic (exact) mass is 269 g/mol. The smallest absolute Gasteiger partial charge is 0.123 e. The SMILES string of the molecule is CNC1CCC(C)CC1Cc1cc(F)ccc1Cl. The topological polar surface area (TPSA) is 12.0 Å². The summed E-state index contributed by atoms with van der Waals surface area (Å²) in [6.45, 7) is 2.30. The van der Waals surface area contributed by atoms with Gasteiger partial charge in [0.25, 0.3) is 0 Å². The van der Waals surface area contributed by atoms with Crippen LogP contribution in [0.1, 0.15) is 31.7 Å². The van der Waals surface area contributed by atoms with Crippen molar-refractivity contribution < 1.29 is 4.39 Å². The number of benzene rings is 1. The first-order chi connectivity index (χ1) is 8.60. The lowest BCUT2D eigenvalue weighted by Crippen LogP contribution is -2.39. The van der Waals surface area contributed by atoms with E-state index < -0.39 is 0 Å². The molecule has 3 unspecified atom stereocenters. The molecule has 18 heavy (non-hydrogen) atoms. The van der Waals surface area contributed by atoms with Gasteiger partial charge < -0.3 is 5.32 Å². The number of hydrogen-bond donors (Lipinski definition) is 1. The van der Waals surface area contributed by atoms with E-state index in [1.54, 1.807) is 12.1 Å². The lowest BCUT2D eigenvalue weighted by atomic mass is 9.76. The minimum Gasteiger partial charge on any atom is -0.317 e. The van der Waals surface area contributed by atoms with Gasteiger partial charge >= 0.3 is 0 Å². The van der Waals surface area contributed by atoms with Crippen molar-refractivity contribution in [1.29, 1.82) is 0 Å². The van der Waals surface area contributed by atoms with E-state index in [9.17, 15) is 4.39 Å². The van der Waals surface area contributed by atoms with Crippen molar-refractivity contribution in [2.45, 2.75) is 38.6 Å². The zero-order valence-electron chi connectivity index (χ0n) is 11.0. The summed E-state index contributed by atoms with van der Waals surface area (Å²) in [5.74, 6) is 1.12. The Morgan fingerprint density at radius 3 is 2.89 bits per heavy atom. The molecule has 0 aliphatic heterocycles. The number of nitrogens with one attached hydrogen (secondary N) is 1. The van der Waals surface area contributed by atoms with E-state index in [0.29, 0.717) is 17.0 Å². The van der Waals surface area contributed by atoms with E-state index in [2.05, 4.69) is 12.2 Å². The van der Waals surface area contributed by atoms with Gasteiger partial charge in [-0.2, -0.15) is 0 Å². The van der Waals surface area contributed by atoms with Crippen molar-refractivity contribution in [2.75, 3.05) is 7.05 Å². The second-order valence-electron chi connectivity index (χ2n) is 5.51. The molecule has 0 amide bonds. The summed E-state index contributed by atoms with van der Waals surface area (Å²) >= 11 is 6.16. The molecule has 1 aliphatic rings. The van der Waals surface area contributed by atoms with E-state index in [-0.39, 0.29) is 5.82 Å². The second kappa shape index (κ2) is 6.03. The zero-order chi connectivity index (χ0) is 13.1. The summed E-state index contributed by atoms with van der Waals surface area (Å²) in [6, 6.07) is 5.19. The molecule has 1 fully saturated rings. The van der Waals surface area contributed by atoms with Gasteiger partial charge in [0.1, 0.15) is 5.82 Å². The van der Waals surface area contributed by atoms with E-state index >= 15 is 0 Å². The summed E-state index contributed by atoms with van der Waals surface area (Å²) in [5, 5.41) is 4.08. The second-order valence-corrected chi connectivity index (χ2v) is 5.92. The molecule has 2 rings (SSSR count). The first kappa shape index (κ1) is 13.8. The third-order valence-electron chi connectivity index (χ3n) is 4.11. The van der Waals surface area contributed by atoms with Crippen LogP contribution in [0.2, 0.25) is 5.02 Å². The Balaban J connectivity index is 2.12. The largest absolute Gasteiger partial charge is 0.317 e. The Morgan fingerprint density at radius 2 is 2.17 bits per heavy atom. The van der Waals surface area contributed by atoms with Crippen LogP contribution in [0.15, 0.2) is 18.2 Å². The van der Waals surface area contributed by atoms with Crippen molar-refractivity contribution in [1.82, 2.24) is 5.32 Å². The Hall–Kier alpha value is -0.600. The molecule has 1 nitrogen and oxygen atoms in total. The molecule has 1 aromatic rings. The first-order valence-corrected chi connectivity index (χ1v) is 7.09. The van der Waals surface area contributed by atoms with Gasteiger partial charge in [0.15, 0.2) is 0 Å². The molecule has 1 saturated carbocycles. The van der Waals surface area contributed by atoms with Crippen LogP contribution in [0.4, 0.5) is 4.39 Å². The van der Waals surface area contributed by atoms with Crippen LogP contribution in [0.25, 0.3) is 0 Å². The maximum Gasteiger partial charge on any atom is 0.123 e. The van der Waals surface area contributed by atoms with Gasteiger partial charge in [0.05, 0.1) is 0 Å². The summed E-state index contributed by atoms with van der Waals surface area (Å²) in [7, 11) is 2.01. The molecule has 0 aromatic heterocycles. The van der Waals surface area contributed by atoms with Gasteiger partial charge in [-0.25, -0.2) is 4.39 Å². The van der Waals surface area contributed by atoms with Gasteiger partial charge in [0, 0.05) is 11.1 Å². The lowest BCUT2D eigenvalue weighted by molar-refractivity contribution is 0.220. The Bertz CT molecular complexity index is 407. The molecule has 3 heteroatoms. The Kier molecular flexibility index (Phi) is 4.63. The van der Waals surface area contributed by atoms with E-state index in [1.165, 1.54) is 25.3 Å². The molecule has 100 valence electrons. The van der Waals surface area contributed by atoms with Gasteiger partial charge in [-0.05, 0) is 68.3 Å². The maximum absolute atomic E-state index is 13.3. The van der Waals surface area contributed by atoms with Gasteiger partial charge in [-0.3, -0.25) is 0 Å². The minimum atomic E-state index is -0.195. The highest BCUT2D eigenvalue weighted by Gasteiger charge is 2.28. The van der Waals surface area contributed by atoms with Gasteiger partial charge in [0.2, 0.25) is 0 Å². The van der Waals surface area contributed by atoms with Crippen LogP contribution in [0.3, 0.4) is 0 Å². The third kappa shape index (κ3) is 3.24. The molecule has 1 N–H and O–H groups in total. The van der Waals surface area contributed by atoms with Crippen LogP contribution in [0, 0.1) is 17.7 Å². The third-order valence-corrected chi connectivity index (χ3v) is 4.47. The fourth-order valence-corrected chi connectivity index (χ4v) is 3.28. The minimum absolute atomic E-state index is 0.195. The van der Waals surface area contributed by atoms with E-state index in [4.69, 9.17) is 11.6 Å². The fraction of sp³-hybridized carbons (Fsp3) is 0.600. The van der Waals surface area contributed by atoms with Crippen LogP contribution < -0.4 is 5.32 Å². The predicted octanol–water partition coefficient (Wildman–Crippen LogP) is 4.05. The molecule has 1 aromatic carbocycles. The van der Waals surface area contributed by atoms with Crippen LogP contribution in [-0.2, 0) is 6.42 Å². The van der Waals surface area contributed by atoms with Crippen LogP contribution in [0.5, 0.6) is 0 Å². The molecule has 0 saturated heterocycles. The quantitative estimate of drug-likeness (QED) is 0.873. The molecule has 0 heterocycles. The molecule has 0 bridgehead atoms. The van der Waals surface area contributed by atoms with Crippen molar-refractivity contribution in [3.8, 4) is 0 Å². The highest BCUT2D eigenvalue weighted by molar-refractivity contribution is 6.31. The lowest BCUT2D eigenvalue weighted by Gasteiger charge is -2.35. The summed E-state index contributed by atoms with van der Waals surface area (Å²) < 4.78 is 13.3. The van der Waals surface area contributed by atoms with Crippen molar-refractivity contribution >= 4 is 11.6 Å². The molecule has 3 atom stereocenters. The molecular weight excluding hydrogens is 249 g/mol. The highest BCUT2D eigenvalue weighted by Crippen LogP contribution is 2.33. The predicted molar refractivity (Wildman–Crippen MR) is 74.5 cm³/mol. The summed E-state index contributed by atoms with van der Waals surface area (Å²) in [5.41, 5.74) is 0.941. The fourth-order valence-electron chi connectivity index (χ4n) is 3.09. The zero-order valence-corrected chi connectivity index (χ0v) is 11.8. The van der Waals surface area contributed by atoms with Crippen molar-refractivity contribution in [2.24, 2.45) is 11.8 Å². The van der Waals surface area contributed by atoms with Gasteiger partial charge in [-0.15, -0.1) is 0 Å². The van der Waals surface area contributed by atoms with E-state index in [1.807, 2.05) is 7.05 Å². The molecular formula is C15H21ClFN. The first-order valence-electron chi connectivity index (χ1n) is 6.71. The number of halogens is 2. The Morgan fingerprint density at radius 1 is 1.39 bits per heavy atom. The van der Waals surface area contributed by atoms with E-state index in [0.717, 1.165) is 17.9 Å². The standard InChI is InChI=1S/C15H21ClFN/c1-10-3-6-15(18-2)12(7-10)8-11-9-13(17)4-5-14(11)16/h4-5,9-10,12,15,18H,3,6-8H2,1-2H3. The highest BCUT2D eigenvalue weighted by atomic mass is 35.5. The Labute approximate surface area is 114 Å². The van der Waals surface area contributed by atoms with Crippen LogP contribution >= 0.6 is 11.6 Å². The van der Waals surface area contributed by atoms with Crippen molar-refractivity contribution in [3.05, 3.63) is 34.6 Å². The average Bonchev–Trinajstić information content (AvgIpc) is 2.34. The van der Waals surface area contributed by atoms with Crippen molar-refractivity contribution in [3.63, 3.8) is 0 Å². The number of rotatable bonds is 3. The molecule has 0 radical (unpaired) electrons. The summed E-state index contributed by atoms with van der Waals surface area (Å²) in [4.78, 5) is 0. The van der Waals surface area contributed by atoms with Gasteiger partial charge in [-0.1, -0.05) is 18.5 Å². The molecule has 0 spiro atoms. The van der Waals surface area contributed by atoms with Crippen LogP contribution in [-0.4, -0.2) is 13.1 Å². The summed E-state index contributed by atoms with van der Waals surface area (Å²) in [6.07, 6.45) is 4.54. The average molecular weight is 270 g/mol.